The second kappa shape index (κ2) is 9.00. The molecule has 8 heteroatoms. The van der Waals surface area contributed by atoms with Gasteiger partial charge in [-0.05, 0) is 55.0 Å². The summed E-state index contributed by atoms with van der Waals surface area (Å²) in [6.07, 6.45) is 3.05. The van der Waals surface area contributed by atoms with E-state index in [1.165, 1.54) is 12.3 Å². The van der Waals surface area contributed by atoms with Crippen LogP contribution in [0.3, 0.4) is 0 Å². The molecule has 156 valence electrons. The first-order valence-corrected chi connectivity index (χ1v) is 9.46. The average molecular weight is 417 g/mol. The van der Waals surface area contributed by atoms with Crippen LogP contribution in [0.1, 0.15) is 28.6 Å². The Hall–Kier alpha value is -4.33. The molecule has 0 aliphatic carbocycles. The number of benzene rings is 2. The van der Waals surface area contributed by atoms with Gasteiger partial charge in [0, 0.05) is 5.56 Å². The van der Waals surface area contributed by atoms with Gasteiger partial charge < -0.3 is 19.2 Å². The highest BCUT2D eigenvalue weighted by Crippen LogP contribution is 2.33. The second-order valence-corrected chi connectivity index (χ2v) is 6.61. The minimum absolute atomic E-state index is 0.0173. The third-order valence-corrected chi connectivity index (χ3v) is 4.44. The number of ether oxygens (including phenoxy) is 2. The molecule has 0 atom stereocenters. The molecule has 31 heavy (non-hydrogen) atoms. The van der Waals surface area contributed by atoms with E-state index in [-0.39, 0.29) is 12.5 Å². The maximum Gasteiger partial charge on any atom is 0.287 e. The van der Waals surface area contributed by atoms with Crippen molar-refractivity contribution in [3.63, 3.8) is 0 Å². The van der Waals surface area contributed by atoms with E-state index in [4.69, 9.17) is 13.9 Å². The standard InChI is InChI=1S/C23H19N3O5/c1-15(19-8-5-11-29-19)25-26-23(28)18(24-22(27)17-6-3-2-4-7-17)12-16-9-10-20-21(13-16)31-14-30-20/h2-13H,14H2,1H3,(H,24,27)(H,26,28)/b18-12+,25-15-. The molecular weight excluding hydrogens is 398 g/mol. The minimum Gasteiger partial charge on any atom is -0.463 e. The van der Waals surface area contributed by atoms with Gasteiger partial charge in [-0.15, -0.1) is 0 Å². The number of fused-ring (bicyclic) bond motifs is 1. The molecule has 2 N–H and O–H groups in total. The summed E-state index contributed by atoms with van der Waals surface area (Å²) in [6.45, 7) is 1.84. The maximum atomic E-state index is 12.8. The Morgan fingerprint density at radius 1 is 1.00 bits per heavy atom. The zero-order valence-electron chi connectivity index (χ0n) is 16.6. The predicted molar refractivity (Wildman–Crippen MR) is 114 cm³/mol. The molecule has 2 amide bonds. The van der Waals surface area contributed by atoms with Crippen LogP contribution in [0, 0.1) is 0 Å². The highest BCUT2D eigenvalue weighted by molar-refractivity contribution is 6.06. The number of rotatable bonds is 6. The summed E-state index contributed by atoms with van der Waals surface area (Å²) in [5.74, 6) is 0.696. The van der Waals surface area contributed by atoms with Gasteiger partial charge in [0.25, 0.3) is 11.8 Å². The van der Waals surface area contributed by atoms with Crippen molar-refractivity contribution in [1.82, 2.24) is 10.7 Å². The fraction of sp³-hybridized carbons (Fsp3) is 0.0870. The number of carbonyl (C=O) groups excluding carboxylic acids is 2. The number of hydrogen-bond donors (Lipinski definition) is 2. The van der Waals surface area contributed by atoms with Crippen molar-refractivity contribution < 1.29 is 23.5 Å². The quantitative estimate of drug-likeness (QED) is 0.364. The van der Waals surface area contributed by atoms with Crippen molar-refractivity contribution in [3.8, 4) is 11.5 Å². The van der Waals surface area contributed by atoms with Crippen molar-refractivity contribution in [2.24, 2.45) is 5.10 Å². The minimum atomic E-state index is -0.590. The normalized spacial score (nSPS) is 13.1. The summed E-state index contributed by atoms with van der Waals surface area (Å²) in [5, 5.41) is 6.71. The summed E-state index contributed by atoms with van der Waals surface area (Å²) in [5.41, 5.74) is 4.02. The van der Waals surface area contributed by atoms with Gasteiger partial charge in [0.2, 0.25) is 6.79 Å². The number of nitrogens with zero attached hydrogens (tertiary/aromatic N) is 1. The van der Waals surface area contributed by atoms with E-state index >= 15 is 0 Å². The summed E-state index contributed by atoms with van der Waals surface area (Å²) >= 11 is 0. The highest BCUT2D eigenvalue weighted by atomic mass is 16.7. The third kappa shape index (κ3) is 4.81. The van der Waals surface area contributed by atoms with Crippen molar-refractivity contribution in [3.05, 3.63) is 89.5 Å². The van der Waals surface area contributed by atoms with Gasteiger partial charge >= 0.3 is 0 Å². The first-order valence-electron chi connectivity index (χ1n) is 9.46. The Morgan fingerprint density at radius 3 is 2.58 bits per heavy atom. The molecule has 3 aromatic rings. The summed E-state index contributed by atoms with van der Waals surface area (Å²) in [4.78, 5) is 25.5. The van der Waals surface area contributed by atoms with Crippen molar-refractivity contribution in [1.29, 1.82) is 0 Å². The number of carbonyl (C=O) groups is 2. The SMILES string of the molecule is C/C(=N/NC(=O)/C(=C\c1ccc2c(c1)OCO2)NC(=O)c1ccccc1)c1ccco1. The fourth-order valence-electron chi connectivity index (χ4n) is 2.85. The lowest BCUT2D eigenvalue weighted by atomic mass is 10.1. The van der Waals surface area contributed by atoms with Gasteiger partial charge in [-0.2, -0.15) is 5.10 Å². The summed E-state index contributed by atoms with van der Waals surface area (Å²) in [7, 11) is 0. The Bertz CT molecular complexity index is 1150. The Kier molecular flexibility index (Phi) is 5.79. The van der Waals surface area contributed by atoms with Crippen molar-refractivity contribution >= 4 is 23.6 Å². The van der Waals surface area contributed by atoms with Gasteiger partial charge in [-0.1, -0.05) is 24.3 Å². The van der Waals surface area contributed by atoms with Gasteiger partial charge in [0.15, 0.2) is 11.5 Å². The molecule has 1 aromatic heterocycles. The summed E-state index contributed by atoms with van der Waals surface area (Å²) in [6, 6.07) is 17.3. The fourth-order valence-corrected chi connectivity index (χ4v) is 2.85. The Labute approximate surface area is 178 Å². The molecule has 8 nitrogen and oxygen atoms in total. The number of amides is 2. The van der Waals surface area contributed by atoms with Crippen molar-refractivity contribution in [2.75, 3.05) is 6.79 Å². The molecule has 1 aliphatic rings. The van der Waals surface area contributed by atoms with Gasteiger partial charge in [0.05, 0.1) is 6.26 Å². The lowest BCUT2D eigenvalue weighted by Gasteiger charge is -2.10. The average Bonchev–Trinajstić information content (AvgIpc) is 3.49. The predicted octanol–water partition coefficient (Wildman–Crippen LogP) is 3.32. The van der Waals surface area contributed by atoms with Crippen LogP contribution in [-0.4, -0.2) is 24.3 Å². The van der Waals surface area contributed by atoms with Gasteiger partial charge in [-0.3, -0.25) is 9.59 Å². The van der Waals surface area contributed by atoms with Crippen LogP contribution in [0.2, 0.25) is 0 Å². The van der Waals surface area contributed by atoms with Crippen LogP contribution < -0.4 is 20.2 Å². The zero-order chi connectivity index (χ0) is 21.6. The van der Waals surface area contributed by atoms with E-state index < -0.39 is 11.8 Å². The van der Waals surface area contributed by atoms with E-state index in [1.54, 1.807) is 67.6 Å². The molecule has 2 heterocycles. The molecule has 0 unspecified atom stereocenters. The van der Waals surface area contributed by atoms with Crippen LogP contribution in [0.5, 0.6) is 11.5 Å². The van der Waals surface area contributed by atoms with Gasteiger partial charge in [-0.25, -0.2) is 5.43 Å². The first-order chi connectivity index (χ1) is 15.1. The number of hydrazone groups is 1. The molecule has 0 spiro atoms. The van der Waals surface area contributed by atoms with E-state index in [0.717, 1.165) is 0 Å². The van der Waals surface area contributed by atoms with Crippen molar-refractivity contribution in [2.45, 2.75) is 6.92 Å². The summed E-state index contributed by atoms with van der Waals surface area (Å²) < 4.78 is 15.9. The van der Waals surface area contributed by atoms with E-state index in [1.807, 2.05) is 0 Å². The van der Waals surface area contributed by atoms with Crippen LogP contribution >= 0.6 is 0 Å². The van der Waals surface area contributed by atoms with Gasteiger partial charge in [0.1, 0.15) is 17.2 Å². The molecule has 4 rings (SSSR count). The van der Waals surface area contributed by atoms with E-state index in [0.29, 0.717) is 34.1 Å². The maximum absolute atomic E-state index is 12.8. The third-order valence-electron chi connectivity index (χ3n) is 4.44. The molecule has 0 saturated carbocycles. The molecule has 0 fully saturated rings. The lowest BCUT2D eigenvalue weighted by molar-refractivity contribution is -0.117. The number of hydrogen-bond acceptors (Lipinski definition) is 6. The van der Waals surface area contributed by atoms with Crippen LogP contribution in [-0.2, 0) is 4.79 Å². The van der Waals surface area contributed by atoms with E-state index in [9.17, 15) is 9.59 Å². The lowest BCUT2D eigenvalue weighted by Crippen LogP contribution is -2.33. The topological polar surface area (TPSA) is 102 Å². The Balaban J connectivity index is 1.59. The largest absolute Gasteiger partial charge is 0.463 e. The molecule has 1 aliphatic heterocycles. The molecule has 0 bridgehead atoms. The molecular formula is C23H19N3O5. The number of furan rings is 1. The van der Waals surface area contributed by atoms with E-state index in [2.05, 4.69) is 15.8 Å². The molecule has 2 aromatic carbocycles. The molecule has 0 saturated heterocycles. The van der Waals surface area contributed by atoms with Crippen LogP contribution in [0.15, 0.2) is 82.1 Å². The second-order valence-electron chi connectivity index (χ2n) is 6.61. The van der Waals surface area contributed by atoms with Crippen LogP contribution in [0.4, 0.5) is 0 Å². The highest BCUT2D eigenvalue weighted by Gasteiger charge is 2.17. The monoisotopic (exact) mass is 417 g/mol. The smallest absolute Gasteiger partial charge is 0.287 e. The zero-order valence-corrected chi connectivity index (χ0v) is 16.6. The molecule has 0 radical (unpaired) electrons. The first kappa shape index (κ1) is 20.0. The Morgan fingerprint density at radius 2 is 1.81 bits per heavy atom. The van der Waals surface area contributed by atoms with Crippen LogP contribution in [0.25, 0.3) is 6.08 Å². The number of nitrogens with one attached hydrogen (secondary N) is 2.